The number of nitrogens with zero attached hydrogens (tertiary/aromatic N) is 1. The van der Waals surface area contributed by atoms with Gasteiger partial charge in [0.15, 0.2) is 0 Å². The summed E-state index contributed by atoms with van der Waals surface area (Å²) in [5.41, 5.74) is -0.481. The number of likely N-dealkylation sites (tertiary alicyclic amines) is 1. The molecule has 98 valence electrons. The molecule has 2 saturated heterocycles. The molecular weight excluding hydrogens is 234 g/mol. The average molecular weight is 257 g/mol. The second kappa shape index (κ2) is 5.19. The van der Waals surface area contributed by atoms with Crippen molar-refractivity contribution in [2.75, 3.05) is 18.8 Å². The zero-order valence-electron chi connectivity index (χ0n) is 10.8. The number of thioether (sulfide) groups is 1. The van der Waals surface area contributed by atoms with Crippen molar-refractivity contribution in [1.29, 1.82) is 0 Å². The first-order chi connectivity index (χ1) is 8.09. The lowest BCUT2D eigenvalue weighted by Gasteiger charge is -2.43. The van der Waals surface area contributed by atoms with Crippen LogP contribution in [0.2, 0.25) is 0 Å². The van der Waals surface area contributed by atoms with Crippen molar-refractivity contribution in [3.63, 3.8) is 0 Å². The lowest BCUT2D eigenvalue weighted by Crippen LogP contribution is -2.52. The van der Waals surface area contributed by atoms with Gasteiger partial charge in [-0.25, -0.2) is 0 Å². The zero-order chi connectivity index (χ0) is 12.5. The van der Waals surface area contributed by atoms with Crippen molar-refractivity contribution in [3.8, 4) is 0 Å². The molecule has 0 amide bonds. The van der Waals surface area contributed by atoms with Crippen LogP contribution in [0.4, 0.5) is 0 Å². The standard InChI is InChI=1S/C13H23NO2S/c1-3-13(12(15)16)6-4-7-14(9-13)11-5-8-17-10(11)2/h10-11H,3-9H2,1-2H3,(H,15,16). The third-order valence-corrected chi connectivity index (χ3v) is 5.85. The highest BCUT2D eigenvalue weighted by atomic mass is 32.2. The maximum atomic E-state index is 11.5. The summed E-state index contributed by atoms with van der Waals surface area (Å²) in [5.74, 6) is 0.636. The number of hydrogen-bond donors (Lipinski definition) is 1. The van der Waals surface area contributed by atoms with Crippen LogP contribution in [0.25, 0.3) is 0 Å². The third-order valence-electron chi connectivity index (χ3n) is 4.54. The average Bonchev–Trinajstić information content (AvgIpc) is 2.75. The fourth-order valence-corrected chi connectivity index (χ4v) is 4.54. The molecule has 2 rings (SSSR count). The first-order valence-electron chi connectivity index (χ1n) is 6.68. The van der Waals surface area contributed by atoms with E-state index >= 15 is 0 Å². The van der Waals surface area contributed by atoms with Gasteiger partial charge >= 0.3 is 5.97 Å². The summed E-state index contributed by atoms with van der Waals surface area (Å²) >= 11 is 2.03. The predicted molar refractivity (Wildman–Crippen MR) is 71.5 cm³/mol. The van der Waals surface area contributed by atoms with Crippen LogP contribution in [0.5, 0.6) is 0 Å². The first kappa shape index (κ1) is 13.2. The van der Waals surface area contributed by atoms with Gasteiger partial charge in [0.25, 0.3) is 0 Å². The van der Waals surface area contributed by atoms with Crippen LogP contribution in [0, 0.1) is 5.41 Å². The molecule has 0 aromatic rings. The lowest BCUT2D eigenvalue weighted by molar-refractivity contribution is -0.153. The van der Waals surface area contributed by atoms with E-state index in [1.54, 1.807) is 0 Å². The van der Waals surface area contributed by atoms with Crippen molar-refractivity contribution >= 4 is 17.7 Å². The molecule has 0 aromatic carbocycles. The molecule has 2 heterocycles. The topological polar surface area (TPSA) is 40.5 Å². The second-order valence-corrected chi connectivity index (χ2v) is 6.93. The second-order valence-electron chi connectivity index (χ2n) is 5.44. The highest BCUT2D eigenvalue weighted by Gasteiger charge is 2.43. The normalized spacial score (nSPS) is 39.4. The summed E-state index contributed by atoms with van der Waals surface area (Å²) in [6.45, 7) is 6.15. The summed E-state index contributed by atoms with van der Waals surface area (Å²) in [7, 11) is 0. The minimum Gasteiger partial charge on any atom is -0.481 e. The van der Waals surface area contributed by atoms with Gasteiger partial charge in [-0.05, 0) is 38.0 Å². The molecule has 2 fully saturated rings. The van der Waals surface area contributed by atoms with Crippen LogP contribution in [0.3, 0.4) is 0 Å². The maximum absolute atomic E-state index is 11.5. The van der Waals surface area contributed by atoms with E-state index in [-0.39, 0.29) is 0 Å². The third kappa shape index (κ3) is 2.48. The van der Waals surface area contributed by atoms with Gasteiger partial charge in [-0.15, -0.1) is 0 Å². The molecule has 4 heteroatoms. The summed E-state index contributed by atoms with van der Waals surface area (Å²) in [6.07, 6.45) is 3.87. The van der Waals surface area contributed by atoms with E-state index in [1.807, 2.05) is 18.7 Å². The molecule has 3 nitrogen and oxygen atoms in total. The van der Waals surface area contributed by atoms with Crippen molar-refractivity contribution in [3.05, 3.63) is 0 Å². The van der Waals surface area contributed by atoms with Crippen LogP contribution in [0.1, 0.15) is 39.5 Å². The summed E-state index contributed by atoms with van der Waals surface area (Å²) in [4.78, 5) is 14.0. The molecule has 0 aromatic heterocycles. The van der Waals surface area contributed by atoms with Crippen molar-refractivity contribution in [2.24, 2.45) is 5.41 Å². The minimum atomic E-state index is -0.594. The molecule has 0 bridgehead atoms. The van der Waals surface area contributed by atoms with Gasteiger partial charge in [0, 0.05) is 17.8 Å². The van der Waals surface area contributed by atoms with Gasteiger partial charge in [0.05, 0.1) is 5.41 Å². The largest absolute Gasteiger partial charge is 0.481 e. The number of piperidine rings is 1. The Labute approximate surface area is 108 Å². The zero-order valence-corrected chi connectivity index (χ0v) is 11.6. The van der Waals surface area contributed by atoms with Gasteiger partial charge in [0.2, 0.25) is 0 Å². The molecule has 0 saturated carbocycles. The molecule has 0 spiro atoms. The molecule has 2 aliphatic heterocycles. The molecule has 3 unspecified atom stereocenters. The smallest absolute Gasteiger partial charge is 0.310 e. The predicted octanol–water partition coefficient (Wildman–Crippen LogP) is 2.46. The van der Waals surface area contributed by atoms with Gasteiger partial charge in [-0.1, -0.05) is 13.8 Å². The van der Waals surface area contributed by atoms with Crippen LogP contribution >= 0.6 is 11.8 Å². The van der Waals surface area contributed by atoms with Crippen LogP contribution < -0.4 is 0 Å². The van der Waals surface area contributed by atoms with Crippen molar-refractivity contribution in [2.45, 2.75) is 50.8 Å². The minimum absolute atomic E-state index is 0.481. The Hall–Kier alpha value is -0.220. The number of rotatable bonds is 3. The summed E-state index contributed by atoms with van der Waals surface area (Å²) in [6, 6.07) is 0.602. The molecule has 0 aliphatic carbocycles. The molecule has 2 aliphatic rings. The monoisotopic (exact) mass is 257 g/mol. The van der Waals surface area contributed by atoms with Crippen LogP contribution in [-0.2, 0) is 4.79 Å². The van der Waals surface area contributed by atoms with Crippen LogP contribution in [0.15, 0.2) is 0 Å². The van der Waals surface area contributed by atoms with Crippen LogP contribution in [-0.4, -0.2) is 46.1 Å². The SMILES string of the molecule is CCC1(C(=O)O)CCCN(C2CCSC2C)C1. The van der Waals surface area contributed by atoms with Gasteiger partial charge in [0.1, 0.15) is 0 Å². The Kier molecular flexibility index (Phi) is 4.03. The van der Waals surface area contributed by atoms with Crippen molar-refractivity contribution < 1.29 is 9.90 Å². The number of hydrogen-bond acceptors (Lipinski definition) is 3. The Morgan fingerprint density at radius 3 is 2.88 bits per heavy atom. The molecular formula is C13H23NO2S. The first-order valence-corrected chi connectivity index (χ1v) is 7.73. The Morgan fingerprint density at radius 1 is 1.59 bits per heavy atom. The quantitative estimate of drug-likeness (QED) is 0.843. The van der Waals surface area contributed by atoms with Crippen molar-refractivity contribution in [1.82, 2.24) is 4.90 Å². The summed E-state index contributed by atoms with van der Waals surface area (Å²) < 4.78 is 0. The van der Waals surface area contributed by atoms with Gasteiger partial charge in [-0.2, -0.15) is 11.8 Å². The Bertz CT molecular complexity index is 297. The number of aliphatic carboxylic acids is 1. The number of carboxylic acids is 1. The molecule has 17 heavy (non-hydrogen) atoms. The fourth-order valence-electron chi connectivity index (χ4n) is 3.26. The van der Waals surface area contributed by atoms with E-state index in [4.69, 9.17) is 0 Å². The van der Waals surface area contributed by atoms with Gasteiger partial charge < -0.3 is 5.11 Å². The Morgan fingerprint density at radius 2 is 2.35 bits per heavy atom. The maximum Gasteiger partial charge on any atom is 0.310 e. The lowest BCUT2D eigenvalue weighted by atomic mass is 9.77. The molecule has 1 N–H and O–H groups in total. The van der Waals surface area contributed by atoms with E-state index in [0.29, 0.717) is 11.3 Å². The number of carbonyl (C=O) groups is 1. The highest BCUT2D eigenvalue weighted by molar-refractivity contribution is 8.00. The van der Waals surface area contributed by atoms with E-state index in [9.17, 15) is 9.90 Å². The highest BCUT2D eigenvalue weighted by Crippen LogP contribution is 2.38. The molecule has 3 atom stereocenters. The number of carboxylic acid groups (broad SMARTS) is 1. The van der Waals surface area contributed by atoms with E-state index in [2.05, 4.69) is 11.8 Å². The fraction of sp³-hybridized carbons (Fsp3) is 0.923. The summed E-state index contributed by atoms with van der Waals surface area (Å²) in [5, 5.41) is 10.1. The van der Waals surface area contributed by atoms with E-state index in [0.717, 1.165) is 32.4 Å². The van der Waals surface area contributed by atoms with E-state index in [1.165, 1.54) is 12.2 Å². The van der Waals surface area contributed by atoms with Gasteiger partial charge in [-0.3, -0.25) is 9.69 Å². The Balaban J connectivity index is 2.08. The van der Waals surface area contributed by atoms with E-state index < -0.39 is 11.4 Å². The molecule has 0 radical (unpaired) electrons.